The average molecular weight is 615 g/mol. The molecule has 195 valence electrons. The largest absolute Gasteiger partial charge is 0.699 e. The molecule has 2 heterocycles. The number of carbonyl (C=O) groups excluding carboxylic acids is 1. The number of aromatic nitrogens is 1. The molecule has 0 spiro atoms. The second-order valence-electron chi connectivity index (χ2n) is 7.70. The maximum absolute atomic E-state index is 12.2. The van der Waals surface area contributed by atoms with E-state index in [0.717, 1.165) is 5.56 Å². The number of amides is 1. The Kier molecular flexibility index (Phi) is 15.4. The molecule has 1 fully saturated rings. The number of nitrogens with zero attached hydrogens (tertiary/aromatic N) is 2. The van der Waals surface area contributed by atoms with Crippen LogP contribution in [-0.4, -0.2) is 71.9 Å². The monoisotopic (exact) mass is 614 g/mol. The maximum atomic E-state index is 12.2. The molecule has 1 saturated heterocycles. The standard InChI is InChI=1S/C16H16Cl2N3O2.C7H13N2O3.Y/c1-2-14(23-16-13(18)7-11(17)9-21-16)15(22)20-8-10-4-3-5-12(19)6-10;8-3-6-4-9(1-2-12-6)5-7(10)11;/h3-7,9,14,19H,2,8H2,1H3,(H,20,22);6,8H,1-5H2,(H,10,11);/q2*-1;. The molecular formula is C23H29Cl2N5O5Y-2. The Bertz CT molecular complexity index is 988. The molecule has 2 atom stereocenters. The summed E-state index contributed by atoms with van der Waals surface area (Å²) in [5.74, 6) is -0.914. The van der Waals surface area contributed by atoms with E-state index < -0.39 is 12.1 Å². The van der Waals surface area contributed by atoms with Crippen molar-refractivity contribution in [3.05, 3.63) is 63.6 Å². The predicted octanol–water partition coefficient (Wildman–Crippen LogP) is 4.37. The van der Waals surface area contributed by atoms with Gasteiger partial charge in [0, 0.05) is 58.5 Å². The van der Waals surface area contributed by atoms with Crippen molar-refractivity contribution in [3.63, 3.8) is 0 Å². The molecule has 13 heteroatoms. The van der Waals surface area contributed by atoms with Gasteiger partial charge in [0.2, 0.25) is 5.88 Å². The van der Waals surface area contributed by atoms with Crippen LogP contribution in [0, 0.1) is 0 Å². The predicted molar refractivity (Wildman–Crippen MR) is 134 cm³/mol. The van der Waals surface area contributed by atoms with Gasteiger partial charge in [-0.1, -0.05) is 54.4 Å². The fraction of sp³-hybridized carbons (Fsp3) is 0.435. The van der Waals surface area contributed by atoms with E-state index in [4.69, 9.17) is 49.2 Å². The van der Waals surface area contributed by atoms with Gasteiger partial charge >= 0.3 is 5.97 Å². The first-order chi connectivity index (χ1) is 16.7. The van der Waals surface area contributed by atoms with Crippen molar-refractivity contribution in [2.75, 3.05) is 32.8 Å². The fourth-order valence-corrected chi connectivity index (χ4v) is 3.59. The van der Waals surface area contributed by atoms with E-state index in [1.165, 1.54) is 12.3 Å². The van der Waals surface area contributed by atoms with Crippen LogP contribution in [0.2, 0.25) is 10.0 Å². The number of carbonyl (C=O) groups is 2. The number of ether oxygens (including phenoxy) is 2. The van der Waals surface area contributed by atoms with E-state index >= 15 is 0 Å². The van der Waals surface area contributed by atoms with Gasteiger partial charge in [0.05, 0.1) is 24.3 Å². The first kappa shape index (κ1) is 32.5. The molecule has 1 amide bonds. The molecule has 2 aromatic rings. The molecule has 1 aromatic heterocycles. The van der Waals surface area contributed by atoms with Crippen LogP contribution < -0.4 is 10.1 Å². The average Bonchev–Trinajstić information content (AvgIpc) is 2.82. The third-order valence-corrected chi connectivity index (χ3v) is 5.37. The van der Waals surface area contributed by atoms with Crippen LogP contribution in [0.1, 0.15) is 18.9 Å². The first-order valence-electron chi connectivity index (χ1n) is 11.0. The summed E-state index contributed by atoms with van der Waals surface area (Å²) in [6.07, 6.45) is 1.05. The number of rotatable bonds is 9. The van der Waals surface area contributed by atoms with Crippen molar-refractivity contribution in [3.8, 4) is 5.88 Å². The molecule has 4 N–H and O–H groups in total. The zero-order valence-electron chi connectivity index (χ0n) is 19.9. The summed E-state index contributed by atoms with van der Waals surface area (Å²) in [5.41, 5.74) is 15.9. The smallest absolute Gasteiger partial charge is 0.317 e. The Morgan fingerprint density at radius 1 is 1.36 bits per heavy atom. The minimum Gasteiger partial charge on any atom is -0.699 e. The Balaban J connectivity index is 0.000000422. The van der Waals surface area contributed by atoms with E-state index in [0.29, 0.717) is 43.4 Å². The SMILES string of the molecule is CCC(Oc1ncc(Cl)cc1Cl)C(=O)NCc1cccc([NH-])c1.[NH-]CC1CN(CC(=O)O)CCO1.[Y]. The molecule has 0 aliphatic carbocycles. The van der Waals surface area contributed by atoms with E-state index in [-0.39, 0.29) is 68.7 Å². The second kappa shape index (κ2) is 17.1. The number of morpholine rings is 1. The van der Waals surface area contributed by atoms with Crippen molar-refractivity contribution in [1.29, 1.82) is 0 Å². The summed E-state index contributed by atoms with van der Waals surface area (Å²) in [4.78, 5) is 28.4. The van der Waals surface area contributed by atoms with Crippen LogP contribution in [0.3, 0.4) is 0 Å². The maximum Gasteiger partial charge on any atom is 0.317 e. The van der Waals surface area contributed by atoms with E-state index in [9.17, 15) is 9.59 Å². The Morgan fingerprint density at radius 2 is 2.11 bits per heavy atom. The van der Waals surface area contributed by atoms with Crippen molar-refractivity contribution in [2.24, 2.45) is 0 Å². The number of benzene rings is 1. The number of nitrogens with one attached hydrogen (secondary N) is 3. The fourth-order valence-electron chi connectivity index (χ4n) is 3.17. The number of carboxylic acids is 1. The molecule has 1 radical (unpaired) electrons. The zero-order chi connectivity index (χ0) is 25.8. The summed E-state index contributed by atoms with van der Waals surface area (Å²) < 4.78 is 10.8. The first-order valence-corrected chi connectivity index (χ1v) is 11.7. The van der Waals surface area contributed by atoms with Gasteiger partial charge in [0.1, 0.15) is 5.02 Å². The second-order valence-corrected chi connectivity index (χ2v) is 8.54. The molecule has 36 heavy (non-hydrogen) atoms. The van der Waals surface area contributed by atoms with Gasteiger partial charge in [-0.15, -0.1) is 12.2 Å². The third kappa shape index (κ3) is 11.7. The van der Waals surface area contributed by atoms with Gasteiger partial charge < -0.3 is 31.4 Å². The van der Waals surface area contributed by atoms with Gasteiger partial charge in [-0.2, -0.15) is 0 Å². The van der Waals surface area contributed by atoms with Crippen molar-refractivity contribution < 1.29 is 56.9 Å². The molecule has 0 bridgehead atoms. The summed E-state index contributed by atoms with van der Waals surface area (Å²) >= 11 is 11.8. The van der Waals surface area contributed by atoms with Crippen molar-refractivity contribution in [2.45, 2.75) is 32.1 Å². The molecule has 1 aliphatic heterocycles. The Morgan fingerprint density at radius 3 is 2.72 bits per heavy atom. The normalized spacial score (nSPS) is 16.1. The number of halogens is 2. The molecule has 1 aliphatic rings. The summed E-state index contributed by atoms with van der Waals surface area (Å²) in [6.45, 7) is 4.18. The topological polar surface area (TPSA) is 149 Å². The molecule has 3 rings (SSSR count). The van der Waals surface area contributed by atoms with Crippen molar-refractivity contribution in [1.82, 2.24) is 15.2 Å². The van der Waals surface area contributed by atoms with Gasteiger partial charge in [0.25, 0.3) is 5.91 Å². The van der Waals surface area contributed by atoms with Crippen LogP contribution in [-0.2, 0) is 53.6 Å². The Hall–Kier alpha value is -1.53. The van der Waals surface area contributed by atoms with Gasteiger partial charge in [0.15, 0.2) is 6.10 Å². The molecule has 10 nitrogen and oxygen atoms in total. The third-order valence-electron chi connectivity index (χ3n) is 4.89. The number of carboxylic acid groups (broad SMARTS) is 1. The summed E-state index contributed by atoms with van der Waals surface area (Å²) in [5, 5.41) is 11.9. The van der Waals surface area contributed by atoms with E-state index in [2.05, 4.69) is 10.3 Å². The van der Waals surface area contributed by atoms with Crippen LogP contribution in [0.15, 0.2) is 36.5 Å². The molecule has 1 aromatic carbocycles. The number of hydrogen-bond acceptors (Lipinski definition) is 6. The van der Waals surface area contributed by atoms with Crippen LogP contribution in [0.25, 0.3) is 11.5 Å². The quantitative estimate of drug-likeness (QED) is 0.426. The van der Waals surface area contributed by atoms with Crippen molar-refractivity contribution >= 4 is 40.8 Å². The number of pyridine rings is 1. The minimum absolute atomic E-state index is 0. The van der Waals surface area contributed by atoms with Crippen LogP contribution >= 0.6 is 23.2 Å². The van der Waals surface area contributed by atoms with E-state index in [1.54, 1.807) is 23.1 Å². The zero-order valence-corrected chi connectivity index (χ0v) is 24.2. The van der Waals surface area contributed by atoms with Crippen LogP contribution in [0.5, 0.6) is 5.88 Å². The number of hydrogen-bond donors (Lipinski definition) is 2. The molecule has 2 unspecified atom stereocenters. The summed E-state index contributed by atoms with van der Waals surface area (Å²) in [6, 6.07) is 8.50. The molecular weight excluding hydrogens is 586 g/mol. The van der Waals surface area contributed by atoms with Gasteiger partial charge in [-0.25, -0.2) is 4.98 Å². The number of aliphatic carboxylic acids is 1. The minimum atomic E-state index is -0.819. The van der Waals surface area contributed by atoms with Gasteiger partial charge in [-0.3, -0.25) is 14.5 Å². The molecule has 0 saturated carbocycles. The van der Waals surface area contributed by atoms with Crippen LogP contribution in [0.4, 0.5) is 5.69 Å². The summed E-state index contributed by atoms with van der Waals surface area (Å²) in [7, 11) is 0. The van der Waals surface area contributed by atoms with E-state index in [1.807, 2.05) is 13.0 Å². The Labute approximate surface area is 245 Å². The van der Waals surface area contributed by atoms with Gasteiger partial charge in [-0.05, 0) is 18.1 Å².